The molecule has 36 heavy (non-hydrogen) atoms. The Labute approximate surface area is 216 Å². The Morgan fingerprint density at radius 3 is 2.61 bits per heavy atom. The molecule has 1 atom stereocenters. The lowest BCUT2D eigenvalue weighted by Gasteiger charge is -2.10. The first-order valence-corrected chi connectivity index (χ1v) is 14.7. The van der Waals surface area contributed by atoms with Gasteiger partial charge in [-0.15, -0.1) is 11.8 Å². The summed E-state index contributed by atoms with van der Waals surface area (Å²) in [6.45, 7) is 2.17. The Bertz CT molecular complexity index is 1390. The second-order valence-corrected chi connectivity index (χ2v) is 12.1. The average molecular weight is 521 g/mol. The highest BCUT2D eigenvalue weighted by Crippen LogP contribution is 2.28. The summed E-state index contributed by atoms with van der Waals surface area (Å²) in [6, 6.07) is 19.2. The number of benzene rings is 2. The van der Waals surface area contributed by atoms with Crippen LogP contribution in [0.3, 0.4) is 0 Å². The number of nitriles is 1. The quantitative estimate of drug-likeness (QED) is 0.191. The number of amides is 1. The van der Waals surface area contributed by atoms with E-state index in [2.05, 4.69) is 24.4 Å². The van der Waals surface area contributed by atoms with Gasteiger partial charge in [-0.1, -0.05) is 43.7 Å². The molecule has 7 nitrogen and oxygen atoms in total. The van der Waals surface area contributed by atoms with E-state index < -0.39 is 21.8 Å². The number of unbranched alkanes of at least 4 members (excludes halogenated alkanes) is 1. The number of nitrogens with one attached hydrogen (secondary N) is 1. The average Bonchev–Trinajstić information content (AvgIpc) is 3.46. The molecule has 9 heteroatoms. The molecule has 0 radical (unpaired) electrons. The van der Waals surface area contributed by atoms with Gasteiger partial charge in [0.2, 0.25) is 0 Å². The SMILES string of the molecule is CCCCSc1ccc(-c2nn(-c3ccccc3)cc2/C=C(/C#N)C(=O)N[C@@H]2CCS(=O)(=O)C2)cc1. The Balaban J connectivity index is 1.65. The Morgan fingerprint density at radius 1 is 1.22 bits per heavy atom. The molecule has 186 valence electrons. The fourth-order valence-electron chi connectivity index (χ4n) is 3.95. The molecule has 3 aromatic rings. The standard InChI is InChI=1S/C27H28N4O3S2/c1-2-3-14-35-25-11-9-20(10-12-25)26-22(18-31(30-26)24-7-5-4-6-8-24)16-21(17-28)27(32)29-23-13-15-36(33,34)19-23/h4-12,16,18,23H,2-3,13-15,19H2,1H3,(H,29,32)/b21-16-/t23-/m1/s1. The summed E-state index contributed by atoms with van der Waals surface area (Å²) >= 11 is 1.81. The summed E-state index contributed by atoms with van der Waals surface area (Å²) in [5.74, 6) is 0.428. The molecule has 1 N–H and O–H groups in total. The van der Waals surface area contributed by atoms with Gasteiger partial charge < -0.3 is 5.32 Å². The highest BCUT2D eigenvalue weighted by Gasteiger charge is 2.29. The smallest absolute Gasteiger partial charge is 0.262 e. The summed E-state index contributed by atoms with van der Waals surface area (Å²) in [7, 11) is -3.15. The molecule has 0 spiro atoms. The maximum atomic E-state index is 12.8. The van der Waals surface area contributed by atoms with Crippen LogP contribution in [0, 0.1) is 11.3 Å². The highest BCUT2D eigenvalue weighted by molar-refractivity contribution is 7.99. The van der Waals surface area contributed by atoms with Crippen LogP contribution in [0.5, 0.6) is 0 Å². The van der Waals surface area contributed by atoms with E-state index in [1.807, 2.05) is 60.3 Å². The van der Waals surface area contributed by atoms with E-state index in [4.69, 9.17) is 5.10 Å². The zero-order valence-corrected chi connectivity index (χ0v) is 21.7. The van der Waals surface area contributed by atoms with Crippen molar-refractivity contribution in [1.29, 1.82) is 5.26 Å². The molecule has 0 saturated carbocycles. The van der Waals surface area contributed by atoms with Crippen molar-refractivity contribution >= 4 is 33.6 Å². The molecule has 0 aliphatic carbocycles. The number of para-hydroxylation sites is 1. The lowest BCUT2D eigenvalue weighted by molar-refractivity contribution is -0.117. The largest absolute Gasteiger partial charge is 0.348 e. The number of hydrogen-bond donors (Lipinski definition) is 1. The van der Waals surface area contributed by atoms with Gasteiger partial charge in [-0.25, -0.2) is 13.1 Å². The van der Waals surface area contributed by atoms with Crippen molar-refractivity contribution < 1.29 is 13.2 Å². The second kappa shape index (κ2) is 11.6. The van der Waals surface area contributed by atoms with E-state index in [0.29, 0.717) is 17.7 Å². The van der Waals surface area contributed by atoms with E-state index in [1.165, 1.54) is 11.0 Å². The molecule has 1 aliphatic heterocycles. The zero-order valence-electron chi connectivity index (χ0n) is 20.1. The predicted octanol–water partition coefficient (Wildman–Crippen LogP) is 4.64. The number of hydrogen-bond acceptors (Lipinski definition) is 6. The maximum Gasteiger partial charge on any atom is 0.262 e. The van der Waals surface area contributed by atoms with Gasteiger partial charge in [0.1, 0.15) is 11.6 Å². The van der Waals surface area contributed by atoms with Gasteiger partial charge in [-0.2, -0.15) is 10.4 Å². The van der Waals surface area contributed by atoms with Crippen LogP contribution in [-0.4, -0.2) is 47.4 Å². The summed E-state index contributed by atoms with van der Waals surface area (Å²) in [5.41, 5.74) is 2.89. The van der Waals surface area contributed by atoms with Crippen molar-refractivity contribution in [1.82, 2.24) is 15.1 Å². The lowest BCUT2D eigenvalue weighted by atomic mass is 10.1. The van der Waals surface area contributed by atoms with Crippen LogP contribution in [0.15, 0.2) is 71.3 Å². The van der Waals surface area contributed by atoms with E-state index in [-0.39, 0.29) is 17.1 Å². The molecule has 1 aromatic heterocycles. The third-order valence-corrected chi connectivity index (χ3v) is 8.76. The van der Waals surface area contributed by atoms with Crippen LogP contribution in [0.4, 0.5) is 0 Å². The third kappa shape index (κ3) is 6.45. The third-order valence-electron chi connectivity index (χ3n) is 5.89. The molecule has 4 rings (SSSR count). The number of carbonyl (C=O) groups excluding carboxylic acids is 1. The monoisotopic (exact) mass is 520 g/mol. The number of carbonyl (C=O) groups is 1. The van der Waals surface area contributed by atoms with Gasteiger partial charge in [0.05, 0.1) is 22.9 Å². The van der Waals surface area contributed by atoms with Gasteiger partial charge in [0.25, 0.3) is 5.91 Å². The van der Waals surface area contributed by atoms with E-state index in [1.54, 1.807) is 10.9 Å². The highest BCUT2D eigenvalue weighted by atomic mass is 32.2. The van der Waals surface area contributed by atoms with Gasteiger partial charge >= 0.3 is 0 Å². The van der Waals surface area contributed by atoms with Crippen LogP contribution >= 0.6 is 11.8 Å². The molecule has 1 fully saturated rings. The topological polar surface area (TPSA) is 105 Å². The minimum Gasteiger partial charge on any atom is -0.348 e. The minimum absolute atomic E-state index is 0.0459. The van der Waals surface area contributed by atoms with Crippen molar-refractivity contribution in [2.24, 2.45) is 0 Å². The zero-order chi connectivity index (χ0) is 25.5. The van der Waals surface area contributed by atoms with Crippen LogP contribution < -0.4 is 5.32 Å². The second-order valence-electron chi connectivity index (χ2n) is 8.68. The van der Waals surface area contributed by atoms with E-state index in [9.17, 15) is 18.5 Å². The van der Waals surface area contributed by atoms with Crippen LogP contribution in [0.2, 0.25) is 0 Å². The number of rotatable bonds is 9. The number of nitrogens with zero attached hydrogens (tertiary/aromatic N) is 3. The number of sulfone groups is 1. The van der Waals surface area contributed by atoms with Crippen molar-refractivity contribution in [3.05, 3.63) is 71.9 Å². The first kappa shape index (κ1) is 25.7. The number of aromatic nitrogens is 2. The predicted molar refractivity (Wildman–Crippen MR) is 143 cm³/mol. The Morgan fingerprint density at radius 2 is 1.97 bits per heavy atom. The van der Waals surface area contributed by atoms with Crippen molar-refractivity contribution in [2.45, 2.75) is 37.1 Å². The summed E-state index contributed by atoms with van der Waals surface area (Å²) < 4.78 is 25.2. The molecule has 1 aliphatic rings. The maximum absolute atomic E-state index is 12.8. The van der Waals surface area contributed by atoms with Gasteiger partial charge in [-0.05, 0) is 48.9 Å². The van der Waals surface area contributed by atoms with Gasteiger partial charge in [0.15, 0.2) is 9.84 Å². The Hall–Kier alpha value is -3.35. The molecule has 2 heterocycles. The van der Waals surface area contributed by atoms with Crippen LogP contribution in [-0.2, 0) is 14.6 Å². The summed E-state index contributed by atoms with van der Waals surface area (Å²) in [6.07, 6.45) is 5.98. The fourth-order valence-corrected chi connectivity index (χ4v) is 6.62. The summed E-state index contributed by atoms with van der Waals surface area (Å²) in [4.78, 5) is 14.0. The minimum atomic E-state index is -3.15. The van der Waals surface area contributed by atoms with Gasteiger partial charge in [0, 0.05) is 28.3 Å². The van der Waals surface area contributed by atoms with Crippen molar-refractivity contribution in [2.75, 3.05) is 17.3 Å². The van der Waals surface area contributed by atoms with E-state index in [0.717, 1.165) is 29.8 Å². The molecular formula is C27H28N4O3S2. The van der Waals surface area contributed by atoms with Crippen LogP contribution in [0.1, 0.15) is 31.7 Å². The van der Waals surface area contributed by atoms with Crippen molar-refractivity contribution in [3.63, 3.8) is 0 Å². The molecular weight excluding hydrogens is 492 g/mol. The van der Waals surface area contributed by atoms with Crippen molar-refractivity contribution in [3.8, 4) is 23.0 Å². The molecule has 1 saturated heterocycles. The number of thioether (sulfide) groups is 1. The summed E-state index contributed by atoms with van der Waals surface area (Å²) in [5, 5.41) is 17.2. The first-order valence-electron chi connectivity index (χ1n) is 11.9. The molecule has 0 unspecified atom stereocenters. The normalized spacial score (nSPS) is 17.0. The molecule has 2 aromatic carbocycles. The first-order chi connectivity index (χ1) is 17.4. The molecule has 0 bridgehead atoms. The fraction of sp³-hybridized carbons (Fsp3) is 0.296. The van der Waals surface area contributed by atoms with Crippen LogP contribution in [0.25, 0.3) is 23.0 Å². The molecule has 1 amide bonds. The van der Waals surface area contributed by atoms with Gasteiger partial charge in [-0.3, -0.25) is 4.79 Å². The lowest BCUT2D eigenvalue weighted by Crippen LogP contribution is -2.36. The van der Waals surface area contributed by atoms with E-state index >= 15 is 0 Å². The Kier molecular flexibility index (Phi) is 8.28.